The molecule has 0 spiro atoms. The third-order valence-corrected chi connectivity index (χ3v) is 8.10. The number of carbonyl (C=O) groups excluding carboxylic acids is 3. The Morgan fingerprint density at radius 1 is 0.538 bits per heavy atom. The molecule has 2 aromatic carbocycles. The molecule has 7 aromatic rings. The van der Waals surface area contributed by atoms with Gasteiger partial charge in [0.25, 0.3) is 0 Å². The fourth-order valence-corrected chi connectivity index (χ4v) is 5.26. The van der Waals surface area contributed by atoms with Gasteiger partial charge in [-0.05, 0) is 54.4 Å². The van der Waals surface area contributed by atoms with Crippen LogP contribution in [-0.2, 0) is 26.5 Å². The number of hydrogen-bond acceptors (Lipinski definition) is 14. The molecule has 0 amide bonds. The Balaban J connectivity index is 0.000000293. The zero-order chi connectivity index (χ0) is 48.5. The Morgan fingerprint density at radius 2 is 0.954 bits per heavy atom. The predicted octanol–water partition coefficient (Wildman–Crippen LogP) is 10.9. The Morgan fingerprint density at radius 3 is 1.40 bits per heavy atom. The van der Waals surface area contributed by atoms with E-state index in [4.69, 9.17) is 46.4 Å². The second-order valence-corrected chi connectivity index (χ2v) is 33.0. The Hall–Kier alpha value is -4.33. The van der Waals surface area contributed by atoms with Gasteiger partial charge in [-0.25, -0.2) is 29.3 Å². The fourth-order valence-electron chi connectivity index (χ4n) is 4.62. The molecule has 0 saturated heterocycles. The average molecular weight is 1180 g/mol. The van der Waals surface area contributed by atoms with E-state index in [0.717, 1.165) is 32.9 Å². The monoisotopic (exact) mass is 1180 g/mol. The van der Waals surface area contributed by atoms with E-state index in [-0.39, 0.29) is 22.2 Å². The van der Waals surface area contributed by atoms with Crippen molar-refractivity contribution in [3.8, 4) is 0 Å². The molecule has 0 aliphatic carbocycles. The molecule has 0 bridgehead atoms. The average Bonchev–Trinajstić information content (AvgIpc) is 3.28. The van der Waals surface area contributed by atoms with Gasteiger partial charge in [0.1, 0.15) is 5.15 Å². The fraction of sp³-hybridized carbons (Fsp3) is 0.267. The first-order valence-electron chi connectivity index (χ1n) is 19.4. The van der Waals surface area contributed by atoms with Crippen molar-refractivity contribution in [2.75, 3.05) is 21.3 Å². The molecule has 0 aliphatic heterocycles. The quantitative estimate of drug-likeness (QED) is 0.0663. The number of nitrogens with zero attached hydrogens (tertiary/aromatic N) is 8. The van der Waals surface area contributed by atoms with E-state index in [1.165, 1.54) is 46.1 Å². The van der Waals surface area contributed by atoms with Gasteiger partial charge in [-0.1, -0.05) is 46.9 Å². The summed E-state index contributed by atoms with van der Waals surface area (Å²) in [7, 11) is 3.90. The summed E-state index contributed by atoms with van der Waals surface area (Å²) in [6.45, 7) is 1.76. The normalized spacial score (nSPS) is 9.97. The van der Waals surface area contributed by atoms with E-state index >= 15 is 0 Å². The van der Waals surface area contributed by atoms with Gasteiger partial charge < -0.3 is 14.2 Å². The number of halogens is 4. The molecule has 0 fully saturated rings. The molecule has 5 aromatic heterocycles. The number of aromatic nitrogens is 8. The summed E-state index contributed by atoms with van der Waals surface area (Å²) in [6.07, 6.45) is 12.4. The zero-order valence-electron chi connectivity index (χ0n) is 37.7. The Kier molecular flexibility index (Phi) is 26.9. The third-order valence-electron chi connectivity index (χ3n) is 7.19. The van der Waals surface area contributed by atoms with Gasteiger partial charge in [0.2, 0.25) is 0 Å². The van der Waals surface area contributed by atoms with Crippen molar-refractivity contribution >= 4 is 126 Å². The number of carbonyl (C=O) groups is 3. The van der Waals surface area contributed by atoms with Crippen LogP contribution < -0.4 is 0 Å². The van der Waals surface area contributed by atoms with Gasteiger partial charge >= 0.3 is 87.1 Å². The van der Waals surface area contributed by atoms with Gasteiger partial charge in [-0.3, -0.25) is 24.9 Å². The van der Waals surface area contributed by atoms with Crippen LogP contribution in [-0.4, -0.2) is 119 Å². The second-order valence-electron chi connectivity index (χ2n) is 14.3. The van der Waals surface area contributed by atoms with Crippen molar-refractivity contribution in [3.05, 3.63) is 153 Å². The molecule has 0 atom stereocenters. The summed E-state index contributed by atoms with van der Waals surface area (Å²) >= 11 is 21.9. The molecule has 0 unspecified atom stereocenters. The number of rotatable bonds is 6. The van der Waals surface area contributed by atoms with E-state index in [1.54, 1.807) is 31.7 Å². The molecule has 5 heterocycles. The number of aryl methyl sites for hydroxylation is 1. The van der Waals surface area contributed by atoms with Gasteiger partial charge in [0, 0.05) is 47.9 Å². The second kappa shape index (κ2) is 30.8. The van der Waals surface area contributed by atoms with E-state index < -0.39 is 57.4 Å². The first-order valence-corrected chi connectivity index (χ1v) is 38.2. The number of pyridine rings is 2. The van der Waals surface area contributed by atoms with Crippen molar-refractivity contribution in [1.82, 2.24) is 39.9 Å². The Bertz CT molecular complexity index is 2540. The minimum atomic E-state index is -0.543. The molecular weight excluding hydrogens is 1130 g/mol. The maximum absolute atomic E-state index is 11.5. The first-order chi connectivity index (χ1) is 30.9. The molecule has 14 nitrogen and oxygen atoms in total. The summed E-state index contributed by atoms with van der Waals surface area (Å²) in [5.41, 5.74) is 5.88. The van der Waals surface area contributed by atoms with Crippen molar-refractivity contribution in [1.29, 1.82) is 0 Å². The summed E-state index contributed by atoms with van der Waals surface area (Å²) in [6, 6.07) is 15.6. The van der Waals surface area contributed by atoms with Gasteiger partial charge in [-0.15, -0.1) is 11.6 Å². The molecule has 0 saturated carbocycles. The van der Waals surface area contributed by atoms with E-state index in [9.17, 15) is 14.4 Å². The predicted molar refractivity (Wildman–Crippen MR) is 262 cm³/mol. The van der Waals surface area contributed by atoms with Crippen LogP contribution in [0.4, 0.5) is 0 Å². The molecule has 0 N–H and O–H groups in total. The Labute approximate surface area is 413 Å². The number of esters is 3. The van der Waals surface area contributed by atoms with Crippen LogP contribution in [0.15, 0.2) is 98.1 Å². The molecular formula is C45H50Cl4N8O6Sn2. The van der Waals surface area contributed by atoms with Crippen LogP contribution in [0, 0.1) is 6.92 Å². The van der Waals surface area contributed by atoms with Crippen LogP contribution in [0.3, 0.4) is 0 Å². The summed E-state index contributed by atoms with van der Waals surface area (Å²) in [4.78, 5) is 79.0. The molecule has 2 radical (unpaired) electrons. The van der Waals surface area contributed by atoms with Gasteiger partial charge in [0.15, 0.2) is 17.1 Å². The first kappa shape index (κ1) is 56.8. The topological polar surface area (TPSA) is 182 Å². The number of benzene rings is 2. The molecule has 342 valence electrons. The van der Waals surface area contributed by atoms with E-state index in [2.05, 4.69) is 83.7 Å². The summed E-state index contributed by atoms with van der Waals surface area (Å²) in [5.74, 6) is -0.979. The molecule has 7 rings (SSSR count). The van der Waals surface area contributed by atoms with Crippen LogP contribution in [0.1, 0.15) is 54.0 Å². The summed E-state index contributed by atoms with van der Waals surface area (Å²) in [5, 5.41) is 3.41. The number of alkyl halides is 1. The minimum absolute atomic E-state index is 0.111. The molecule has 0 aliphatic rings. The van der Waals surface area contributed by atoms with Gasteiger partial charge in [-0.2, -0.15) is 0 Å². The third kappa shape index (κ3) is 22.6. The van der Waals surface area contributed by atoms with E-state index in [0.29, 0.717) is 33.7 Å². The maximum atomic E-state index is 11.5. The van der Waals surface area contributed by atoms with Crippen molar-refractivity contribution in [2.24, 2.45) is 0 Å². The SMILES string of the molecule is COC(=O)c1cncc(C)n1.COC(=O)c1cncc(Cc2ccc3ncc(Cl)cc3c2)n1.COC(=O)c1cncc(Cl)n1.ClCc1ccc2ncc(Cl)cc2c1.[CH3][Sn]([CH3])[CH3].[CH3][Sn]([CH3])[CH3]. The number of hydrogen-bond donors (Lipinski definition) is 0. The van der Waals surface area contributed by atoms with Crippen molar-refractivity contribution < 1.29 is 28.6 Å². The van der Waals surface area contributed by atoms with Crippen LogP contribution in [0.2, 0.25) is 44.8 Å². The van der Waals surface area contributed by atoms with Gasteiger partial charge in [0.05, 0.1) is 78.6 Å². The van der Waals surface area contributed by atoms with Crippen molar-refractivity contribution in [3.63, 3.8) is 0 Å². The van der Waals surface area contributed by atoms with Crippen LogP contribution in [0.5, 0.6) is 0 Å². The number of fused-ring (bicyclic) bond motifs is 2. The van der Waals surface area contributed by atoms with Crippen molar-refractivity contribution in [2.45, 2.75) is 48.9 Å². The standard InChI is InChI=1S/C16H12ClN3O2.C10H7Cl2N.C7H8N2O2.C6H5ClN2O2.6CH3.2Sn/c1-22-16(21)15-9-18-8-13(20-15)5-10-2-3-14-11(4-10)6-12(17)7-19-14;11-5-7-1-2-10-8(3-7)4-9(12)6-13-10;1-5-3-8-4-6(9-5)7(10)11-2;1-11-6(10)4-2-8-3-5(7)9-4;;;;;;;;/h2-4,6-9H,5H2,1H3;1-4,6H,5H2;3-4H,1-2H3;2-3H,1H3;6*1H3;;. The zero-order valence-corrected chi connectivity index (χ0v) is 46.4. The number of methoxy groups -OCH3 is 3. The van der Waals surface area contributed by atoms with E-state index in [1.807, 2.05) is 48.5 Å². The molecule has 65 heavy (non-hydrogen) atoms. The van der Waals surface area contributed by atoms with Crippen LogP contribution >= 0.6 is 46.4 Å². The summed E-state index contributed by atoms with van der Waals surface area (Å²) < 4.78 is 13.5. The number of ether oxygens (including phenoxy) is 3. The van der Waals surface area contributed by atoms with Crippen LogP contribution in [0.25, 0.3) is 21.8 Å². The molecule has 20 heteroatoms.